The fourth-order valence-electron chi connectivity index (χ4n) is 7.00. The van der Waals surface area contributed by atoms with Gasteiger partial charge in [-0.05, 0) is 49.1 Å². The molecule has 1 spiro atoms. The molecule has 0 radical (unpaired) electrons. The van der Waals surface area contributed by atoms with E-state index >= 15 is 0 Å². The van der Waals surface area contributed by atoms with Gasteiger partial charge in [-0.15, -0.1) is 0 Å². The molecular formula is C27H39NO6. The third-order valence-corrected chi connectivity index (χ3v) is 9.04. The molecule has 0 N–H and O–H groups in total. The van der Waals surface area contributed by atoms with Crippen LogP contribution in [-0.4, -0.2) is 55.2 Å². The Morgan fingerprint density at radius 1 is 0.971 bits per heavy atom. The first kappa shape index (κ1) is 23.3. The molecule has 7 rings (SSSR count). The van der Waals surface area contributed by atoms with E-state index in [1.165, 1.54) is 12.0 Å². The van der Waals surface area contributed by atoms with Crippen LogP contribution in [0.5, 0.6) is 0 Å². The fraction of sp³-hybridized carbons (Fsp3) is 0.778. The van der Waals surface area contributed by atoms with E-state index < -0.39 is 17.7 Å². The topological polar surface area (TPSA) is 58.6 Å². The van der Waals surface area contributed by atoms with Gasteiger partial charge in [0.2, 0.25) is 5.79 Å². The zero-order valence-electron chi connectivity index (χ0n) is 20.7. The van der Waals surface area contributed by atoms with E-state index in [2.05, 4.69) is 43.0 Å². The second-order valence-corrected chi connectivity index (χ2v) is 11.3. The summed E-state index contributed by atoms with van der Waals surface area (Å²) in [6.45, 7) is 11.7. The van der Waals surface area contributed by atoms with Crippen LogP contribution in [0, 0.1) is 23.7 Å². The zero-order chi connectivity index (χ0) is 23.3. The van der Waals surface area contributed by atoms with Crippen LogP contribution in [0.2, 0.25) is 0 Å². The number of morpholine rings is 1. The number of rotatable bonds is 5. The number of fused-ring (bicyclic) bond motifs is 2. The predicted octanol–water partition coefficient (Wildman–Crippen LogP) is 4.24. The lowest BCUT2D eigenvalue weighted by molar-refractivity contribution is -0.577. The van der Waals surface area contributed by atoms with Gasteiger partial charge in [0, 0.05) is 37.9 Å². The molecule has 6 fully saturated rings. The van der Waals surface area contributed by atoms with Crippen molar-refractivity contribution in [1.29, 1.82) is 0 Å². The number of hydrogen-bond donors (Lipinski definition) is 0. The quantitative estimate of drug-likeness (QED) is 0.593. The van der Waals surface area contributed by atoms with Crippen LogP contribution in [0.1, 0.15) is 57.6 Å². The second kappa shape index (κ2) is 9.11. The molecule has 0 aromatic heterocycles. The molecule has 34 heavy (non-hydrogen) atoms. The first-order valence-corrected chi connectivity index (χ1v) is 13.2. The van der Waals surface area contributed by atoms with Gasteiger partial charge in [0.1, 0.15) is 0 Å². The molecule has 2 bridgehead atoms. The van der Waals surface area contributed by atoms with Crippen molar-refractivity contribution >= 4 is 0 Å². The summed E-state index contributed by atoms with van der Waals surface area (Å²) in [5, 5.41) is 0. The van der Waals surface area contributed by atoms with Gasteiger partial charge in [-0.1, -0.05) is 38.1 Å². The average molecular weight is 474 g/mol. The molecule has 1 aliphatic carbocycles. The van der Waals surface area contributed by atoms with Gasteiger partial charge in [-0.2, -0.15) is 0 Å². The Kier molecular flexibility index (Phi) is 6.25. The minimum atomic E-state index is -0.751. The van der Waals surface area contributed by atoms with Crippen LogP contribution in [-0.2, 0) is 41.9 Å². The molecule has 1 aromatic carbocycles. The third kappa shape index (κ3) is 4.03. The molecule has 5 aliphatic heterocycles. The number of nitrogens with zero attached hydrogens (tertiary/aromatic N) is 1. The van der Waals surface area contributed by atoms with E-state index in [1.54, 1.807) is 0 Å². The molecule has 188 valence electrons. The maximum atomic E-state index is 6.54. The van der Waals surface area contributed by atoms with Crippen LogP contribution in [0.15, 0.2) is 24.3 Å². The summed E-state index contributed by atoms with van der Waals surface area (Å²) in [7, 11) is 0. The van der Waals surface area contributed by atoms with E-state index in [0.717, 1.165) is 57.7 Å². The zero-order valence-corrected chi connectivity index (χ0v) is 20.7. The van der Waals surface area contributed by atoms with E-state index in [0.29, 0.717) is 18.4 Å². The lowest BCUT2D eigenvalue weighted by Gasteiger charge is -2.60. The lowest BCUT2D eigenvalue weighted by atomic mass is 9.58. The Hall–Kier alpha value is -1.06. The van der Waals surface area contributed by atoms with E-state index in [1.807, 2.05) is 6.92 Å². The summed E-state index contributed by atoms with van der Waals surface area (Å²) < 4.78 is 24.8. The minimum Gasteiger partial charge on any atom is -0.379 e. The summed E-state index contributed by atoms with van der Waals surface area (Å²) >= 11 is 0. The predicted molar refractivity (Wildman–Crippen MR) is 124 cm³/mol. The molecule has 5 saturated heterocycles. The van der Waals surface area contributed by atoms with Gasteiger partial charge in [0.25, 0.3) is 0 Å². The van der Waals surface area contributed by atoms with E-state index in [9.17, 15) is 0 Å². The largest absolute Gasteiger partial charge is 0.379 e. The highest BCUT2D eigenvalue weighted by Crippen LogP contribution is 2.60. The molecular weight excluding hydrogens is 434 g/mol. The molecule has 1 aromatic rings. The van der Waals surface area contributed by atoms with E-state index in [-0.39, 0.29) is 18.1 Å². The van der Waals surface area contributed by atoms with E-state index in [4.69, 9.17) is 28.7 Å². The van der Waals surface area contributed by atoms with Crippen molar-refractivity contribution < 1.29 is 28.7 Å². The first-order chi connectivity index (χ1) is 16.5. The lowest BCUT2D eigenvalue weighted by Crippen LogP contribution is -2.70. The highest BCUT2D eigenvalue weighted by atomic mass is 17.3. The van der Waals surface area contributed by atoms with Gasteiger partial charge in [0.05, 0.1) is 19.8 Å². The molecule has 0 amide bonds. The summed E-state index contributed by atoms with van der Waals surface area (Å²) in [5.41, 5.74) is 1.95. The average Bonchev–Trinajstić information content (AvgIpc) is 3.08. The molecule has 5 heterocycles. The molecule has 7 nitrogen and oxygen atoms in total. The van der Waals surface area contributed by atoms with Crippen molar-refractivity contribution in [3.05, 3.63) is 35.4 Å². The Labute approximate surface area is 202 Å². The highest BCUT2D eigenvalue weighted by molar-refractivity contribution is 5.22. The molecule has 1 saturated carbocycles. The van der Waals surface area contributed by atoms with Crippen molar-refractivity contribution in [1.82, 2.24) is 4.90 Å². The summed E-state index contributed by atoms with van der Waals surface area (Å²) in [5.74, 6) is 0.676. The van der Waals surface area contributed by atoms with Crippen LogP contribution < -0.4 is 0 Å². The van der Waals surface area contributed by atoms with Crippen molar-refractivity contribution in [2.24, 2.45) is 23.7 Å². The smallest absolute Gasteiger partial charge is 0.201 e. The van der Waals surface area contributed by atoms with Crippen molar-refractivity contribution in [3.63, 3.8) is 0 Å². The maximum Gasteiger partial charge on any atom is 0.201 e. The normalized spacial score (nSPS) is 44.4. The second-order valence-electron chi connectivity index (χ2n) is 11.3. The van der Waals surface area contributed by atoms with Gasteiger partial charge >= 0.3 is 0 Å². The maximum absolute atomic E-state index is 6.54. The molecule has 0 unspecified atom stereocenters. The SMILES string of the molecule is C[C@H]1[C@@H](OCc2ccc(CN3CCOCC3)cc2)O[C@@H]2O[C@]3(C)CC[C@H]4[C@H](C)CC[C@@H]1[C@@]24OO3. The summed E-state index contributed by atoms with van der Waals surface area (Å²) in [6.07, 6.45) is 3.37. The monoisotopic (exact) mass is 473 g/mol. The van der Waals surface area contributed by atoms with Crippen molar-refractivity contribution in [3.8, 4) is 0 Å². The summed E-state index contributed by atoms with van der Waals surface area (Å²) in [4.78, 5) is 14.6. The Balaban J connectivity index is 1.13. The molecule has 8 atom stereocenters. The Bertz CT molecular complexity index is 859. The van der Waals surface area contributed by atoms with Gasteiger partial charge in [0.15, 0.2) is 18.2 Å². The number of hydrogen-bond acceptors (Lipinski definition) is 7. The van der Waals surface area contributed by atoms with Gasteiger partial charge in [-0.3, -0.25) is 4.90 Å². The first-order valence-electron chi connectivity index (χ1n) is 13.2. The third-order valence-electron chi connectivity index (χ3n) is 9.04. The standard InChI is InChI=1S/C27H39NO6/c1-18-4-9-23-19(2)24(31-25-27(23)22(18)10-11-26(3,32-25)33-34-27)30-17-21-7-5-20(6-8-21)16-28-12-14-29-15-13-28/h5-8,18-19,22-25H,4,9-17H2,1-3H3/t18-,19-,22+,23+,24+,25-,26+,27-/m1/s1. The van der Waals surface area contributed by atoms with Crippen LogP contribution in [0.4, 0.5) is 0 Å². The Morgan fingerprint density at radius 3 is 2.53 bits per heavy atom. The number of ether oxygens (including phenoxy) is 4. The van der Waals surface area contributed by atoms with Gasteiger partial charge in [-0.25, -0.2) is 9.78 Å². The van der Waals surface area contributed by atoms with Gasteiger partial charge < -0.3 is 18.9 Å². The summed E-state index contributed by atoms with van der Waals surface area (Å²) in [6, 6.07) is 8.76. The van der Waals surface area contributed by atoms with Crippen molar-refractivity contribution in [2.45, 2.75) is 83.6 Å². The Morgan fingerprint density at radius 2 is 1.74 bits per heavy atom. The highest BCUT2D eigenvalue weighted by Gasteiger charge is 2.69. The fourth-order valence-corrected chi connectivity index (χ4v) is 7.00. The number of benzene rings is 1. The van der Waals surface area contributed by atoms with Crippen LogP contribution in [0.25, 0.3) is 0 Å². The molecule has 6 aliphatic rings. The molecule has 7 heteroatoms. The van der Waals surface area contributed by atoms with Crippen molar-refractivity contribution in [2.75, 3.05) is 26.3 Å². The van der Waals surface area contributed by atoms with Crippen LogP contribution >= 0.6 is 0 Å². The minimum absolute atomic E-state index is 0.196. The van der Waals surface area contributed by atoms with Crippen LogP contribution in [0.3, 0.4) is 0 Å².